The first-order chi connectivity index (χ1) is 8.58. The van der Waals surface area contributed by atoms with Crippen molar-refractivity contribution < 1.29 is 14.3 Å². The maximum atomic E-state index is 11.7. The van der Waals surface area contributed by atoms with Gasteiger partial charge in [-0.05, 0) is 38.0 Å². The summed E-state index contributed by atoms with van der Waals surface area (Å²) in [5.74, 6) is 0.185. The van der Waals surface area contributed by atoms with Gasteiger partial charge in [-0.2, -0.15) is 0 Å². The first-order valence-corrected chi connectivity index (χ1v) is 6.55. The molecule has 0 aromatic heterocycles. The Hall–Kier alpha value is -1.22. The van der Waals surface area contributed by atoms with Gasteiger partial charge in [-0.1, -0.05) is 31.0 Å². The van der Waals surface area contributed by atoms with Crippen molar-refractivity contribution in [3.63, 3.8) is 0 Å². The van der Waals surface area contributed by atoms with Crippen molar-refractivity contribution in [2.75, 3.05) is 6.61 Å². The van der Waals surface area contributed by atoms with Crippen molar-refractivity contribution in [2.45, 2.75) is 39.7 Å². The standard InChI is InChI=1S/C14H19ClO3/c1-4-6-13(14(16)17-5-2)18-12-8-7-10(3)9-11(12)15/h7-9,13H,4-6H2,1-3H3. The van der Waals surface area contributed by atoms with E-state index in [0.29, 0.717) is 23.8 Å². The predicted molar refractivity (Wildman–Crippen MR) is 72.1 cm³/mol. The highest BCUT2D eigenvalue weighted by molar-refractivity contribution is 6.32. The molecule has 1 aromatic carbocycles. The van der Waals surface area contributed by atoms with E-state index in [2.05, 4.69) is 0 Å². The molecular formula is C14H19ClO3. The van der Waals surface area contributed by atoms with E-state index in [0.717, 1.165) is 12.0 Å². The van der Waals surface area contributed by atoms with Crippen LogP contribution in [0.4, 0.5) is 0 Å². The number of ether oxygens (including phenoxy) is 2. The fourth-order valence-electron chi connectivity index (χ4n) is 1.58. The SMILES string of the molecule is CCCC(Oc1ccc(C)cc1Cl)C(=O)OCC. The number of hydrogen-bond acceptors (Lipinski definition) is 3. The van der Waals surface area contributed by atoms with Crippen molar-refractivity contribution in [2.24, 2.45) is 0 Å². The second-order valence-electron chi connectivity index (χ2n) is 4.08. The Labute approximate surface area is 113 Å². The van der Waals surface area contributed by atoms with Gasteiger partial charge in [0.15, 0.2) is 6.10 Å². The molecule has 0 N–H and O–H groups in total. The second-order valence-corrected chi connectivity index (χ2v) is 4.49. The summed E-state index contributed by atoms with van der Waals surface area (Å²) in [6.07, 6.45) is 0.867. The molecule has 0 aliphatic heterocycles. The van der Waals surface area contributed by atoms with Crippen molar-refractivity contribution in [3.8, 4) is 5.75 Å². The lowest BCUT2D eigenvalue weighted by Crippen LogP contribution is -2.29. The molecule has 0 amide bonds. The number of aryl methyl sites for hydroxylation is 1. The van der Waals surface area contributed by atoms with E-state index in [9.17, 15) is 4.79 Å². The molecule has 0 radical (unpaired) electrons. The highest BCUT2D eigenvalue weighted by Crippen LogP contribution is 2.27. The lowest BCUT2D eigenvalue weighted by atomic mass is 10.2. The monoisotopic (exact) mass is 270 g/mol. The molecule has 1 atom stereocenters. The van der Waals surface area contributed by atoms with E-state index in [1.165, 1.54) is 0 Å². The number of benzene rings is 1. The van der Waals surface area contributed by atoms with Crippen LogP contribution in [0.2, 0.25) is 5.02 Å². The minimum atomic E-state index is -0.588. The Balaban J connectivity index is 2.79. The number of esters is 1. The van der Waals surface area contributed by atoms with Gasteiger partial charge in [0.05, 0.1) is 11.6 Å². The summed E-state index contributed by atoms with van der Waals surface area (Å²) in [4.78, 5) is 11.7. The quantitative estimate of drug-likeness (QED) is 0.739. The van der Waals surface area contributed by atoms with Gasteiger partial charge in [-0.15, -0.1) is 0 Å². The van der Waals surface area contributed by atoms with E-state index in [4.69, 9.17) is 21.1 Å². The first-order valence-electron chi connectivity index (χ1n) is 6.17. The van der Waals surface area contributed by atoms with Crippen LogP contribution in [-0.2, 0) is 9.53 Å². The Bertz CT molecular complexity index is 404. The molecule has 3 nitrogen and oxygen atoms in total. The van der Waals surface area contributed by atoms with Crippen LogP contribution in [0.3, 0.4) is 0 Å². The average molecular weight is 271 g/mol. The maximum Gasteiger partial charge on any atom is 0.347 e. The van der Waals surface area contributed by atoms with Crippen LogP contribution in [0.5, 0.6) is 5.75 Å². The van der Waals surface area contributed by atoms with Crippen LogP contribution in [0.25, 0.3) is 0 Å². The van der Waals surface area contributed by atoms with Gasteiger partial charge >= 0.3 is 5.97 Å². The largest absolute Gasteiger partial charge is 0.477 e. The number of carbonyl (C=O) groups excluding carboxylic acids is 1. The Morgan fingerprint density at radius 2 is 2.11 bits per heavy atom. The van der Waals surface area contributed by atoms with Crippen LogP contribution in [0.1, 0.15) is 32.3 Å². The zero-order chi connectivity index (χ0) is 13.5. The Kier molecular flexibility index (Phi) is 5.99. The van der Waals surface area contributed by atoms with Crippen molar-refractivity contribution >= 4 is 17.6 Å². The van der Waals surface area contributed by atoms with E-state index >= 15 is 0 Å². The highest BCUT2D eigenvalue weighted by atomic mass is 35.5. The molecule has 1 unspecified atom stereocenters. The van der Waals surface area contributed by atoms with Crippen molar-refractivity contribution in [1.82, 2.24) is 0 Å². The Morgan fingerprint density at radius 3 is 2.67 bits per heavy atom. The molecule has 18 heavy (non-hydrogen) atoms. The summed E-state index contributed by atoms with van der Waals surface area (Å²) in [6, 6.07) is 5.49. The number of hydrogen-bond donors (Lipinski definition) is 0. The molecule has 1 rings (SSSR count). The summed E-state index contributed by atoms with van der Waals surface area (Å²) < 4.78 is 10.6. The van der Waals surface area contributed by atoms with Crippen molar-refractivity contribution in [1.29, 1.82) is 0 Å². The lowest BCUT2D eigenvalue weighted by Gasteiger charge is -2.18. The predicted octanol–water partition coefficient (Wildman–Crippen LogP) is 3.76. The zero-order valence-corrected chi connectivity index (χ0v) is 11.8. The molecule has 100 valence electrons. The Morgan fingerprint density at radius 1 is 1.39 bits per heavy atom. The summed E-state index contributed by atoms with van der Waals surface area (Å²) >= 11 is 6.08. The van der Waals surface area contributed by atoms with E-state index in [-0.39, 0.29) is 5.97 Å². The average Bonchev–Trinajstić information content (AvgIpc) is 2.32. The topological polar surface area (TPSA) is 35.5 Å². The molecule has 1 aromatic rings. The van der Waals surface area contributed by atoms with Crippen LogP contribution >= 0.6 is 11.6 Å². The van der Waals surface area contributed by atoms with Crippen LogP contribution in [0, 0.1) is 6.92 Å². The summed E-state index contributed by atoms with van der Waals surface area (Å²) in [5.41, 5.74) is 1.05. The zero-order valence-electron chi connectivity index (χ0n) is 11.0. The molecule has 0 saturated carbocycles. The molecule has 0 saturated heterocycles. The number of rotatable bonds is 6. The van der Waals surface area contributed by atoms with Gasteiger partial charge in [-0.25, -0.2) is 4.79 Å². The third-order valence-corrected chi connectivity index (χ3v) is 2.75. The molecule has 0 spiro atoms. The van der Waals surface area contributed by atoms with E-state index < -0.39 is 6.10 Å². The van der Waals surface area contributed by atoms with Gasteiger partial charge in [0.2, 0.25) is 0 Å². The van der Waals surface area contributed by atoms with Crippen molar-refractivity contribution in [3.05, 3.63) is 28.8 Å². The molecular weight excluding hydrogens is 252 g/mol. The normalized spacial score (nSPS) is 12.0. The van der Waals surface area contributed by atoms with E-state index in [1.54, 1.807) is 13.0 Å². The van der Waals surface area contributed by atoms with Crippen LogP contribution < -0.4 is 4.74 Å². The molecule has 0 heterocycles. The molecule has 0 bridgehead atoms. The van der Waals surface area contributed by atoms with Gasteiger partial charge in [-0.3, -0.25) is 0 Å². The van der Waals surface area contributed by atoms with Crippen LogP contribution in [-0.4, -0.2) is 18.7 Å². The van der Waals surface area contributed by atoms with Gasteiger partial charge < -0.3 is 9.47 Å². The second kappa shape index (κ2) is 7.27. The van der Waals surface area contributed by atoms with Gasteiger partial charge in [0, 0.05) is 0 Å². The fraction of sp³-hybridized carbons (Fsp3) is 0.500. The smallest absolute Gasteiger partial charge is 0.347 e. The minimum Gasteiger partial charge on any atom is -0.477 e. The molecule has 0 aliphatic rings. The summed E-state index contributed by atoms with van der Waals surface area (Å²) in [5, 5.41) is 0.514. The maximum absolute atomic E-state index is 11.7. The highest BCUT2D eigenvalue weighted by Gasteiger charge is 2.21. The summed E-state index contributed by atoms with van der Waals surface area (Å²) in [6.45, 7) is 6.07. The number of carbonyl (C=O) groups is 1. The number of halogens is 1. The van der Waals surface area contributed by atoms with Gasteiger partial charge in [0.25, 0.3) is 0 Å². The minimum absolute atomic E-state index is 0.337. The van der Waals surface area contributed by atoms with E-state index in [1.807, 2.05) is 26.0 Å². The molecule has 0 fully saturated rings. The lowest BCUT2D eigenvalue weighted by molar-refractivity contribution is -0.151. The molecule has 0 aliphatic carbocycles. The molecule has 4 heteroatoms. The van der Waals surface area contributed by atoms with Crippen LogP contribution in [0.15, 0.2) is 18.2 Å². The fourth-order valence-corrected chi connectivity index (χ4v) is 1.86. The van der Waals surface area contributed by atoms with Gasteiger partial charge in [0.1, 0.15) is 5.75 Å². The summed E-state index contributed by atoms with van der Waals surface area (Å²) in [7, 11) is 0. The third-order valence-electron chi connectivity index (χ3n) is 2.46. The first kappa shape index (κ1) is 14.8. The third kappa shape index (κ3) is 4.22.